The highest BCUT2D eigenvalue weighted by molar-refractivity contribution is 5.56. The highest BCUT2D eigenvalue weighted by atomic mass is 16.3. The molecule has 1 fully saturated rings. The van der Waals surface area contributed by atoms with Gasteiger partial charge in [-0.2, -0.15) is 0 Å². The van der Waals surface area contributed by atoms with Gasteiger partial charge >= 0.3 is 0 Å². The highest BCUT2D eigenvalue weighted by Gasteiger charge is 2.26. The number of benzene rings is 1. The molecule has 1 aliphatic carbocycles. The summed E-state index contributed by atoms with van der Waals surface area (Å²) >= 11 is 0. The fourth-order valence-electron chi connectivity index (χ4n) is 2.77. The van der Waals surface area contributed by atoms with Crippen molar-refractivity contribution in [3.63, 3.8) is 0 Å². The van der Waals surface area contributed by atoms with E-state index in [1.165, 1.54) is 36.1 Å². The van der Waals surface area contributed by atoms with E-state index in [-0.39, 0.29) is 6.61 Å². The van der Waals surface area contributed by atoms with Crippen molar-refractivity contribution >= 4 is 5.69 Å². The van der Waals surface area contributed by atoms with Crippen LogP contribution in [-0.4, -0.2) is 31.3 Å². The molecule has 1 aromatic carbocycles. The number of rotatable bonds is 7. The molecule has 2 rings (SSSR count). The standard InChI is InChI=1S/C16H26N2O/c1-13-7-8-16(14(11-13)12-17-2)18(9-4-10-19)15-5-3-6-15/h7-8,11,15,17,19H,3-6,9-10,12H2,1-2H3. The van der Waals surface area contributed by atoms with Crippen LogP contribution in [-0.2, 0) is 6.54 Å². The molecule has 1 saturated carbocycles. The predicted molar refractivity (Wildman–Crippen MR) is 80.6 cm³/mol. The number of hydrogen-bond acceptors (Lipinski definition) is 3. The second-order valence-corrected chi connectivity index (χ2v) is 5.52. The van der Waals surface area contributed by atoms with Crippen molar-refractivity contribution < 1.29 is 5.11 Å². The number of aliphatic hydroxyl groups is 1. The van der Waals surface area contributed by atoms with Gasteiger partial charge in [0.25, 0.3) is 0 Å². The van der Waals surface area contributed by atoms with Gasteiger partial charge < -0.3 is 15.3 Å². The molecule has 19 heavy (non-hydrogen) atoms. The van der Waals surface area contributed by atoms with Crippen LogP contribution in [0.1, 0.15) is 36.8 Å². The van der Waals surface area contributed by atoms with E-state index in [1.807, 2.05) is 7.05 Å². The maximum absolute atomic E-state index is 9.11. The van der Waals surface area contributed by atoms with Gasteiger partial charge in [-0.05, 0) is 51.3 Å². The zero-order chi connectivity index (χ0) is 13.7. The van der Waals surface area contributed by atoms with Crippen molar-refractivity contribution in [1.29, 1.82) is 0 Å². The molecule has 0 atom stereocenters. The number of aliphatic hydroxyl groups excluding tert-OH is 1. The molecule has 0 bridgehead atoms. The molecule has 1 aliphatic rings. The average molecular weight is 262 g/mol. The van der Waals surface area contributed by atoms with E-state index in [0.29, 0.717) is 6.04 Å². The normalized spacial score (nSPS) is 15.3. The molecule has 0 radical (unpaired) electrons. The van der Waals surface area contributed by atoms with Gasteiger partial charge in [0.15, 0.2) is 0 Å². The van der Waals surface area contributed by atoms with Gasteiger partial charge in [-0.1, -0.05) is 17.7 Å². The summed E-state index contributed by atoms with van der Waals surface area (Å²) in [6.07, 6.45) is 4.77. The molecule has 0 spiro atoms. The molecular weight excluding hydrogens is 236 g/mol. The summed E-state index contributed by atoms with van der Waals surface area (Å²) in [4.78, 5) is 2.51. The first-order chi connectivity index (χ1) is 9.26. The fourth-order valence-corrected chi connectivity index (χ4v) is 2.77. The average Bonchev–Trinajstić information content (AvgIpc) is 2.33. The summed E-state index contributed by atoms with van der Waals surface area (Å²) in [5.41, 5.74) is 4.02. The maximum Gasteiger partial charge on any atom is 0.0447 e. The molecule has 3 nitrogen and oxygen atoms in total. The Morgan fingerprint density at radius 1 is 1.37 bits per heavy atom. The lowest BCUT2D eigenvalue weighted by molar-refractivity contribution is 0.283. The fraction of sp³-hybridized carbons (Fsp3) is 0.625. The number of nitrogens with zero attached hydrogens (tertiary/aromatic N) is 1. The van der Waals surface area contributed by atoms with Crippen molar-refractivity contribution in [3.8, 4) is 0 Å². The summed E-state index contributed by atoms with van der Waals surface area (Å²) in [5.74, 6) is 0. The summed E-state index contributed by atoms with van der Waals surface area (Å²) in [7, 11) is 1.99. The molecule has 0 heterocycles. The van der Waals surface area contributed by atoms with Crippen LogP contribution in [0.3, 0.4) is 0 Å². The van der Waals surface area contributed by atoms with Crippen molar-refractivity contribution in [2.45, 2.75) is 45.2 Å². The van der Waals surface area contributed by atoms with Gasteiger partial charge in [-0.3, -0.25) is 0 Å². The Balaban J connectivity index is 2.23. The van der Waals surface area contributed by atoms with Gasteiger partial charge in [-0.25, -0.2) is 0 Å². The Hall–Kier alpha value is -1.06. The van der Waals surface area contributed by atoms with Gasteiger partial charge in [0.05, 0.1) is 0 Å². The number of hydrogen-bond donors (Lipinski definition) is 2. The molecule has 2 N–H and O–H groups in total. The van der Waals surface area contributed by atoms with E-state index in [4.69, 9.17) is 5.11 Å². The predicted octanol–water partition coefficient (Wildman–Crippen LogP) is 2.46. The molecule has 0 amide bonds. The smallest absolute Gasteiger partial charge is 0.0447 e. The third kappa shape index (κ3) is 3.48. The minimum atomic E-state index is 0.274. The van der Waals surface area contributed by atoms with Crippen LogP contribution in [0.4, 0.5) is 5.69 Å². The Kier molecular flexibility index (Phi) is 5.23. The largest absolute Gasteiger partial charge is 0.396 e. The SMILES string of the molecule is CNCc1cc(C)ccc1N(CCCO)C1CCC1. The lowest BCUT2D eigenvalue weighted by Crippen LogP contribution is -2.41. The van der Waals surface area contributed by atoms with Crippen LogP contribution in [0.25, 0.3) is 0 Å². The van der Waals surface area contributed by atoms with Crippen LogP contribution < -0.4 is 10.2 Å². The molecule has 0 aliphatic heterocycles. The first-order valence-electron chi connectivity index (χ1n) is 7.38. The van der Waals surface area contributed by atoms with E-state index in [1.54, 1.807) is 0 Å². The van der Waals surface area contributed by atoms with E-state index in [2.05, 4.69) is 35.3 Å². The third-order valence-electron chi connectivity index (χ3n) is 3.98. The maximum atomic E-state index is 9.11. The van der Waals surface area contributed by atoms with Gasteiger partial charge in [0, 0.05) is 31.4 Å². The Bertz CT molecular complexity index is 402. The minimum absolute atomic E-state index is 0.274. The van der Waals surface area contributed by atoms with Gasteiger partial charge in [0.2, 0.25) is 0 Å². The lowest BCUT2D eigenvalue weighted by Gasteiger charge is -2.40. The molecule has 0 saturated heterocycles. The molecule has 1 aromatic rings. The van der Waals surface area contributed by atoms with E-state index >= 15 is 0 Å². The second kappa shape index (κ2) is 6.92. The summed E-state index contributed by atoms with van der Waals surface area (Å²) in [5, 5.41) is 12.4. The van der Waals surface area contributed by atoms with Gasteiger partial charge in [-0.15, -0.1) is 0 Å². The number of aryl methyl sites for hydroxylation is 1. The van der Waals surface area contributed by atoms with Crippen molar-refractivity contribution in [2.75, 3.05) is 25.1 Å². The monoisotopic (exact) mass is 262 g/mol. The van der Waals surface area contributed by atoms with Crippen LogP contribution >= 0.6 is 0 Å². The molecule has 0 unspecified atom stereocenters. The lowest BCUT2D eigenvalue weighted by atomic mass is 9.90. The Labute approximate surface area is 116 Å². The van der Waals surface area contributed by atoms with Crippen molar-refractivity contribution in [3.05, 3.63) is 29.3 Å². The Morgan fingerprint density at radius 2 is 2.16 bits per heavy atom. The molecule has 106 valence electrons. The summed E-state index contributed by atoms with van der Waals surface area (Å²) < 4.78 is 0. The quantitative estimate of drug-likeness (QED) is 0.792. The second-order valence-electron chi connectivity index (χ2n) is 5.52. The van der Waals surface area contributed by atoms with Crippen molar-refractivity contribution in [1.82, 2.24) is 5.32 Å². The highest BCUT2D eigenvalue weighted by Crippen LogP contribution is 2.32. The van der Waals surface area contributed by atoms with Crippen LogP contribution in [0, 0.1) is 6.92 Å². The van der Waals surface area contributed by atoms with E-state index < -0.39 is 0 Å². The summed E-state index contributed by atoms with van der Waals surface area (Å²) in [6, 6.07) is 7.39. The van der Waals surface area contributed by atoms with Crippen LogP contribution in [0.5, 0.6) is 0 Å². The van der Waals surface area contributed by atoms with E-state index in [0.717, 1.165) is 19.5 Å². The van der Waals surface area contributed by atoms with Crippen molar-refractivity contribution in [2.24, 2.45) is 0 Å². The van der Waals surface area contributed by atoms with Crippen LogP contribution in [0.15, 0.2) is 18.2 Å². The number of nitrogens with one attached hydrogen (secondary N) is 1. The third-order valence-corrected chi connectivity index (χ3v) is 3.98. The van der Waals surface area contributed by atoms with Crippen LogP contribution in [0.2, 0.25) is 0 Å². The topological polar surface area (TPSA) is 35.5 Å². The number of anilines is 1. The zero-order valence-corrected chi connectivity index (χ0v) is 12.2. The zero-order valence-electron chi connectivity index (χ0n) is 12.2. The molecule has 3 heteroatoms. The molecule has 0 aromatic heterocycles. The van der Waals surface area contributed by atoms with E-state index in [9.17, 15) is 0 Å². The molecular formula is C16H26N2O. The first-order valence-corrected chi connectivity index (χ1v) is 7.38. The Morgan fingerprint density at radius 3 is 2.74 bits per heavy atom. The first kappa shape index (κ1) is 14.4. The summed E-state index contributed by atoms with van der Waals surface area (Å²) in [6.45, 7) is 4.28. The minimum Gasteiger partial charge on any atom is -0.396 e. The van der Waals surface area contributed by atoms with Gasteiger partial charge in [0.1, 0.15) is 0 Å².